The van der Waals surface area contributed by atoms with Gasteiger partial charge in [0.25, 0.3) is 0 Å². The highest BCUT2D eigenvalue weighted by Gasteiger charge is 2.64. The van der Waals surface area contributed by atoms with E-state index in [9.17, 15) is 20.4 Å². The van der Waals surface area contributed by atoms with Crippen LogP contribution in [0.15, 0.2) is 36.5 Å². The minimum absolute atomic E-state index is 0.159. The standard InChI is InChI=1S/C24H39BrO.C24H40O2.C24H40O/c2*1-15(14-25)19-6-7-20-18-12-22(2,3)21-13-23(4,26)10-8-17(21)16(18)9-11-24(19,20)5;1-15(2)19-7-8-20-18-13-22(3,4)21-14-23(5,25)11-9-17(21)16(18)10-12-24(19,20)6/h16-21,26H,1,6-14H2,2-5H3;16-21,25-26H,1,6-14H2,2-5H3;16-21,25H,1,7-14H2,2-6H3/t3*16-,17-,18-,19-,20+,21+,23+,24-/m111/s1. The lowest BCUT2D eigenvalue weighted by molar-refractivity contribution is -0.144. The zero-order valence-corrected chi connectivity index (χ0v) is 53.7. The van der Waals surface area contributed by atoms with E-state index in [1.54, 1.807) is 0 Å². The quantitative estimate of drug-likeness (QED) is 0.163. The molecule has 0 aromatic heterocycles. The van der Waals surface area contributed by atoms with Gasteiger partial charge < -0.3 is 20.4 Å². The third kappa shape index (κ3) is 10.4. The first-order valence-electron chi connectivity index (χ1n) is 33.1. The van der Waals surface area contributed by atoms with Crippen molar-refractivity contribution in [2.75, 3.05) is 11.9 Å². The Morgan fingerprint density at radius 2 is 0.649 bits per heavy atom. The molecule has 0 bridgehead atoms. The van der Waals surface area contributed by atoms with E-state index >= 15 is 0 Å². The smallest absolute Gasteiger partial charge is 0.0642 e. The fraction of sp³-hybridized carbons (Fsp3) is 0.917. The van der Waals surface area contributed by atoms with Crippen LogP contribution in [0.1, 0.15) is 244 Å². The van der Waals surface area contributed by atoms with E-state index in [0.717, 1.165) is 138 Å². The molecule has 0 amide bonds. The molecule has 5 heteroatoms. The summed E-state index contributed by atoms with van der Waals surface area (Å²) in [6.07, 6.45) is 30.4. The Hall–Kier alpha value is -0.460. The number of hydrogen-bond acceptors (Lipinski definition) is 4. The summed E-state index contributed by atoms with van der Waals surface area (Å²) in [7, 11) is 0. The highest BCUT2D eigenvalue weighted by molar-refractivity contribution is 9.09. The molecule has 0 unspecified atom stereocenters. The lowest BCUT2D eigenvalue weighted by Crippen LogP contribution is -2.55. The number of alkyl halides is 1. The number of aliphatic hydroxyl groups excluding tert-OH is 1. The SMILES string of the molecule is C=C(C)[C@H]1CC[C@H]2[C@@H]3CC(C)(C)[C@H]4C[C@@](C)(O)CC[C@@H]4[C@H]3CC[C@]12C.C=C(CBr)[C@H]1CC[C@H]2[C@@H]3CC(C)(C)[C@H]4C[C@@](C)(O)CC[C@@H]4[C@H]3CC[C@]12C.C=C(CO)[C@H]1CC[C@H]2[C@@H]3CC(C)(C)[C@H]4C[C@@](C)(O)CC[C@@H]4[C@H]3CC[C@]12C. The van der Waals surface area contributed by atoms with Gasteiger partial charge in [-0.2, -0.15) is 0 Å². The normalized spacial score (nSPS) is 53.2. The van der Waals surface area contributed by atoms with Gasteiger partial charge in [-0.1, -0.05) is 109 Å². The van der Waals surface area contributed by atoms with E-state index in [1.165, 1.54) is 127 Å². The largest absolute Gasteiger partial charge is 0.392 e. The van der Waals surface area contributed by atoms with Crippen molar-refractivity contribution in [3.63, 3.8) is 0 Å². The Balaban J connectivity index is 0.000000131. The average molecular weight is 1130 g/mol. The Kier molecular flexibility index (Phi) is 16.0. The Morgan fingerprint density at radius 3 is 0.948 bits per heavy atom. The molecule has 0 heterocycles. The first-order chi connectivity index (χ1) is 35.7. The van der Waals surface area contributed by atoms with Gasteiger partial charge in [-0.05, 0) is 326 Å². The van der Waals surface area contributed by atoms with Crippen molar-refractivity contribution in [1.82, 2.24) is 0 Å². The molecule has 4 N–H and O–H groups in total. The molecule has 77 heavy (non-hydrogen) atoms. The maximum Gasteiger partial charge on any atom is 0.0642 e. The van der Waals surface area contributed by atoms with E-state index in [4.69, 9.17) is 0 Å². The second-order valence-corrected chi connectivity index (χ2v) is 35.4. The summed E-state index contributed by atoms with van der Waals surface area (Å²) in [4.78, 5) is 0. The van der Waals surface area contributed by atoms with Crippen molar-refractivity contribution in [2.24, 2.45) is 139 Å². The first-order valence-corrected chi connectivity index (χ1v) is 34.2. The number of hydrogen-bond donors (Lipinski definition) is 4. The van der Waals surface area contributed by atoms with Crippen molar-refractivity contribution in [3.8, 4) is 0 Å². The van der Waals surface area contributed by atoms with E-state index in [0.29, 0.717) is 50.2 Å². The molecule has 438 valence electrons. The fourth-order valence-corrected chi connectivity index (χ4v) is 25.8. The van der Waals surface area contributed by atoms with Gasteiger partial charge in [0.05, 0.1) is 23.4 Å². The minimum atomic E-state index is -0.453. The number of fused-ring (bicyclic) bond motifs is 15. The molecule has 24 atom stereocenters. The molecule has 12 saturated carbocycles. The molecule has 0 spiro atoms. The number of halogens is 1. The van der Waals surface area contributed by atoms with Crippen molar-refractivity contribution >= 4 is 15.9 Å². The van der Waals surface area contributed by atoms with Crippen LogP contribution in [-0.4, -0.2) is 49.2 Å². The Labute approximate surface area is 482 Å². The van der Waals surface area contributed by atoms with Crippen LogP contribution in [0.3, 0.4) is 0 Å². The minimum Gasteiger partial charge on any atom is -0.392 e. The number of allylic oxidation sites excluding steroid dienone is 2. The van der Waals surface area contributed by atoms with Gasteiger partial charge in [0.1, 0.15) is 0 Å². The molecule has 0 aromatic rings. The predicted octanol–water partition coefficient (Wildman–Crippen LogP) is 18.0. The van der Waals surface area contributed by atoms with Crippen LogP contribution in [0.2, 0.25) is 0 Å². The van der Waals surface area contributed by atoms with Crippen molar-refractivity contribution in [3.05, 3.63) is 36.5 Å². The topological polar surface area (TPSA) is 80.9 Å². The predicted molar refractivity (Wildman–Crippen MR) is 325 cm³/mol. The summed E-state index contributed by atoms with van der Waals surface area (Å²) in [6.45, 7) is 44.4. The second-order valence-electron chi connectivity index (χ2n) is 34.9. The molecule has 12 rings (SSSR count). The van der Waals surface area contributed by atoms with E-state index in [2.05, 4.69) is 126 Å². The maximum absolute atomic E-state index is 10.7. The molecule has 4 nitrogen and oxygen atoms in total. The van der Waals surface area contributed by atoms with Gasteiger partial charge in [0, 0.05) is 5.33 Å². The first kappa shape index (κ1) is 59.7. The highest BCUT2D eigenvalue weighted by Crippen LogP contribution is 2.72. The van der Waals surface area contributed by atoms with Crippen molar-refractivity contribution in [2.45, 2.75) is 261 Å². The lowest BCUT2D eigenvalue weighted by atomic mass is 9.44. The van der Waals surface area contributed by atoms with Crippen LogP contribution in [0.25, 0.3) is 0 Å². The monoisotopic (exact) mass is 1130 g/mol. The summed E-state index contributed by atoms with van der Waals surface area (Å²) < 4.78 is 0. The summed E-state index contributed by atoms with van der Waals surface area (Å²) in [5.74, 6) is 14.6. The molecule has 12 fully saturated rings. The van der Waals surface area contributed by atoms with Crippen molar-refractivity contribution < 1.29 is 20.4 Å². The van der Waals surface area contributed by atoms with Crippen LogP contribution in [0.5, 0.6) is 0 Å². The molecule has 0 aliphatic heterocycles. The summed E-state index contributed by atoms with van der Waals surface area (Å²) in [5, 5.41) is 42.9. The number of rotatable bonds is 5. The Bertz CT molecular complexity index is 2100. The fourth-order valence-electron chi connectivity index (χ4n) is 25.4. The van der Waals surface area contributed by atoms with Crippen molar-refractivity contribution in [1.29, 1.82) is 0 Å². The van der Waals surface area contributed by atoms with Gasteiger partial charge in [-0.3, -0.25) is 0 Å². The summed E-state index contributed by atoms with van der Waals surface area (Å²) in [5.41, 5.74) is 5.08. The summed E-state index contributed by atoms with van der Waals surface area (Å²) in [6, 6.07) is 0. The zero-order chi connectivity index (χ0) is 56.0. The summed E-state index contributed by atoms with van der Waals surface area (Å²) >= 11 is 3.69. The molecule has 0 saturated heterocycles. The molecular formula is C72H119BrO4. The number of aliphatic hydroxyl groups is 4. The van der Waals surface area contributed by atoms with Gasteiger partial charge in [-0.15, -0.1) is 0 Å². The van der Waals surface area contributed by atoms with E-state index in [-0.39, 0.29) is 6.61 Å². The van der Waals surface area contributed by atoms with Crippen LogP contribution in [-0.2, 0) is 0 Å². The van der Waals surface area contributed by atoms with Gasteiger partial charge in [0.15, 0.2) is 0 Å². The van der Waals surface area contributed by atoms with Crippen LogP contribution in [0, 0.1) is 139 Å². The van der Waals surface area contributed by atoms with Gasteiger partial charge in [0.2, 0.25) is 0 Å². The molecule has 12 aliphatic carbocycles. The second kappa shape index (κ2) is 20.7. The van der Waals surface area contributed by atoms with Crippen LogP contribution >= 0.6 is 15.9 Å². The average Bonchev–Trinajstić information content (AvgIpc) is 4.07. The zero-order valence-electron chi connectivity index (χ0n) is 52.1. The molecule has 12 aliphatic rings. The van der Waals surface area contributed by atoms with Gasteiger partial charge >= 0.3 is 0 Å². The van der Waals surface area contributed by atoms with E-state index in [1.807, 2.05) is 0 Å². The van der Waals surface area contributed by atoms with Crippen LogP contribution in [0.4, 0.5) is 0 Å². The lowest BCUT2D eigenvalue weighted by Gasteiger charge is -2.61. The highest BCUT2D eigenvalue weighted by atomic mass is 79.9. The van der Waals surface area contributed by atoms with Gasteiger partial charge in [-0.25, -0.2) is 0 Å². The molecule has 0 aromatic carbocycles. The van der Waals surface area contributed by atoms with Crippen LogP contribution < -0.4 is 0 Å². The third-order valence-corrected chi connectivity index (χ3v) is 29.7. The third-order valence-electron chi connectivity index (χ3n) is 29.0. The Morgan fingerprint density at radius 1 is 0.364 bits per heavy atom. The maximum atomic E-state index is 10.7. The van der Waals surface area contributed by atoms with E-state index < -0.39 is 16.8 Å². The molecule has 0 radical (unpaired) electrons. The molecular weight excluding hydrogens is 1010 g/mol.